The third-order valence-electron chi connectivity index (χ3n) is 4.47. The number of imidazole rings is 1. The molecule has 29 heavy (non-hydrogen) atoms. The van der Waals surface area contributed by atoms with Gasteiger partial charge in [0.15, 0.2) is 0 Å². The highest BCUT2D eigenvalue weighted by Crippen LogP contribution is 2.33. The number of nitrogens with zero attached hydrogens (tertiary/aromatic N) is 2. The van der Waals surface area contributed by atoms with Crippen LogP contribution in [0.2, 0.25) is 0 Å². The SMILES string of the molecule is COc1ccc(S(=O)(=O)Nc2ccccc2-c2cn3ccccc3n2)c(OC)c1. The molecule has 0 saturated carbocycles. The van der Waals surface area contributed by atoms with Crippen LogP contribution in [0.15, 0.2) is 78.0 Å². The summed E-state index contributed by atoms with van der Waals surface area (Å²) in [4.78, 5) is 4.61. The van der Waals surface area contributed by atoms with E-state index in [1.165, 1.54) is 26.4 Å². The van der Waals surface area contributed by atoms with Crippen molar-refractivity contribution in [2.75, 3.05) is 18.9 Å². The molecule has 0 fully saturated rings. The molecular formula is C21H19N3O4S. The van der Waals surface area contributed by atoms with E-state index in [0.29, 0.717) is 22.7 Å². The molecule has 0 aliphatic carbocycles. The van der Waals surface area contributed by atoms with Crippen molar-refractivity contribution < 1.29 is 17.9 Å². The summed E-state index contributed by atoms with van der Waals surface area (Å²) in [6, 6.07) is 17.4. The summed E-state index contributed by atoms with van der Waals surface area (Å²) in [7, 11) is -0.985. The summed E-state index contributed by atoms with van der Waals surface area (Å²) in [5.74, 6) is 0.702. The number of hydrogen-bond acceptors (Lipinski definition) is 5. The fraction of sp³-hybridized carbons (Fsp3) is 0.0952. The van der Waals surface area contributed by atoms with Crippen LogP contribution in [0.1, 0.15) is 0 Å². The molecule has 0 spiro atoms. The number of rotatable bonds is 6. The summed E-state index contributed by atoms with van der Waals surface area (Å²) in [5, 5.41) is 0. The van der Waals surface area contributed by atoms with Crippen molar-refractivity contribution in [3.63, 3.8) is 0 Å². The van der Waals surface area contributed by atoms with Crippen molar-refractivity contribution in [1.29, 1.82) is 0 Å². The summed E-state index contributed by atoms with van der Waals surface area (Å²) in [6.45, 7) is 0. The number of fused-ring (bicyclic) bond motifs is 1. The predicted octanol–water partition coefficient (Wildman–Crippen LogP) is 3.82. The van der Waals surface area contributed by atoms with Gasteiger partial charge in [-0.05, 0) is 30.3 Å². The van der Waals surface area contributed by atoms with E-state index in [1.807, 2.05) is 47.1 Å². The lowest BCUT2D eigenvalue weighted by Crippen LogP contribution is -2.14. The standard InChI is InChI=1S/C21H19N3O4S/c1-27-15-10-11-20(19(13-15)28-2)29(25,26)23-17-8-4-3-7-16(17)18-14-24-12-6-5-9-21(24)22-18/h3-14,23H,1-2H3. The Morgan fingerprint density at radius 3 is 2.52 bits per heavy atom. The van der Waals surface area contributed by atoms with Crippen LogP contribution in [-0.2, 0) is 10.0 Å². The van der Waals surface area contributed by atoms with Crippen LogP contribution in [0.25, 0.3) is 16.9 Å². The summed E-state index contributed by atoms with van der Waals surface area (Å²) in [5.41, 5.74) is 2.54. The van der Waals surface area contributed by atoms with E-state index in [4.69, 9.17) is 9.47 Å². The molecule has 2 heterocycles. The molecule has 0 aliphatic rings. The molecule has 0 saturated heterocycles. The molecule has 0 bridgehead atoms. The Bertz CT molecular complexity index is 1250. The lowest BCUT2D eigenvalue weighted by Gasteiger charge is -2.14. The van der Waals surface area contributed by atoms with Gasteiger partial charge in [0, 0.05) is 24.0 Å². The highest BCUT2D eigenvalue weighted by Gasteiger charge is 2.22. The van der Waals surface area contributed by atoms with Crippen molar-refractivity contribution in [3.8, 4) is 22.8 Å². The fourth-order valence-electron chi connectivity index (χ4n) is 3.06. The Balaban J connectivity index is 1.75. The number of para-hydroxylation sites is 1. The van der Waals surface area contributed by atoms with E-state index in [0.717, 1.165) is 5.65 Å². The van der Waals surface area contributed by atoms with Gasteiger partial charge in [-0.2, -0.15) is 0 Å². The van der Waals surface area contributed by atoms with Gasteiger partial charge < -0.3 is 13.9 Å². The number of anilines is 1. The number of methoxy groups -OCH3 is 2. The maximum Gasteiger partial charge on any atom is 0.265 e. The zero-order valence-electron chi connectivity index (χ0n) is 15.9. The van der Waals surface area contributed by atoms with Crippen LogP contribution in [0.4, 0.5) is 5.69 Å². The zero-order chi connectivity index (χ0) is 20.4. The van der Waals surface area contributed by atoms with E-state index in [2.05, 4.69) is 9.71 Å². The molecule has 4 rings (SSSR count). The molecule has 0 aliphatic heterocycles. The Morgan fingerprint density at radius 2 is 1.76 bits per heavy atom. The lowest BCUT2D eigenvalue weighted by atomic mass is 10.1. The van der Waals surface area contributed by atoms with E-state index in [9.17, 15) is 8.42 Å². The van der Waals surface area contributed by atoms with E-state index < -0.39 is 10.0 Å². The first-order valence-corrected chi connectivity index (χ1v) is 10.3. The smallest absolute Gasteiger partial charge is 0.265 e. The van der Waals surface area contributed by atoms with Gasteiger partial charge >= 0.3 is 0 Å². The number of nitrogens with one attached hydrogen (secondary N) is 1. The average molecular weight is 409 g/mol. The maximum atomic E-state index is 13.1. The van der Waals surface area contributed by atoms with Gasteiger partial charge in [0.2, 0.25) is 0 Å². The van der Waals surface area contributed by atoms with Crippen molar-refractivity contribution in [2.24, 2.45) is 0 Å². The molecule has 148 valence electrons. The monoisotopic (exact) mass is 409 g/mol. The third-order valence-corrected chi connectivity index (χ3v) is 5.88. The van der Waals surface area contributed by atoms with Crippen molar-refractivity contribution in [2.45, 2.75) is 4.90 Å². The van der Waals surface area contributed by atoms with Crippen LogP contribution in [0.3, 0.4) is 0 Å². The van der Waals surface area contributed by atoms with Gasteiger partial charge in [0.25, 0.3) is 10.0 Å². The van der Waals surface area contributed by atoms with E-state index >= 15 is 0 Å². The molecule has 7 nitrogen and oxygen atoms in total. The van der Waals surface area contributed by atoms with E-state index in [-0.39, 0.29) is 10.6 Å². The van der Waals surface area contributed by atoms with Gasteiger partial charge in [-0.25, -0.2) is 13.4 Å². The molecule has 2 aromatic heterocycles. The Labute approximate surface area is 168 Å². The van der Waals surface area contributed by atoms with Gasteiger partial charge in [-0.15, -0.1) is 0 Å². The minimum atomic E-state index is -3.91. The number of benzene rings is 2. The Kier molecular flexibility index (Phi) is 4.85. The van der Waals surface area contributed by atoms with Crippen LogP contribution in [0, 0.1) is 0 Å². The number of aromatic nitrogens is 2. The summed E-state index contributed by atoms with van der Waals surface area (Å²) < 4.78 is 41.1. The van der Waals surface area contributed by atoms with Crippen LogP contribution < -0.4 is 14.2 Å². The fourth-order valence-corrected chi connectivity index (χ4v) is 4.29. The average Bonchev–Trinajstić information content (AvgIpc) is 3.17. The van der Waals surface area contributed by atoms with Crippen LogP contribution >= 0.6 is 0 Å². The van der Waals surface area contributed by atoms with Crippen LogP contribution in [0.5, 0.6) is 11.5 Å². The van der Waals surface area contributed by atoms with Crippen molar-refractivity contribution >= 4 is 21.4 Å². The van der Waals surface area contributed by atoms with Gasteiger partial charge in [-0.1, -0.05) is 24.3 Å². The number of ether oxygens (including phenoxy) is 2. The summed E-state index contributed by atoms with van der Waals surface area (Å²) >= 11 is 0. The number of sulfonamides is 1. The normalized spacial score (nSPS) is 11.4. The minimum absolute atomic E-state index is 0.0191. The molecule has 4 aromatic rings. The van der Waals surface area contributed by atoms with E-state index in [1.54, 1.807) is 18.2 Å². The topological polar surface area (TPSA) is 81.9 Å². The highest BCUT2D eigenvalue weighted by atomic mass is 32.2. The third kappa shape index (κ3) is 3.62. The maximum absolute atomic E-state index is 13.1. The number of pyridine rings is 1. The molecule has 0 atom stereocenters. The van der Waals surface area contributed by atoms with Gasteiger partial charge in [0.05, 0.1) is 25.6 Å². The molecular weight excluding hydrogens is 390 g/mol. The second-order valence-electron chi connectivity index (χ2n) is 6.26. The Hall–Kier alpha value is -3.52. The predicted molar refractivity (Wildman–Crippen MR) is 111 cm³/mol. The van der Waals surface area contributed by atoms with Crippen LogP contribution in [-0.4, -0.2) is 32.0 Å². The second kappa shape index (κ2) is 7.48. The molecule has 0 unspecified atom stereocenters. The van der Waals surface area contributed by atoms with Crippen molar-refractivity contribution in [3.05, 3.63) is 73.1 Å². The molecule has 1 N–H and O–H groups in total. The lowest BCUT2D eigenvalue weighted by molar-refractivity contribution is 0.386. The summed E-state index contributed by atoms with van der Waals surface area (Å²) in [6.07, 6.45) is 3.75. The van der Waals surface area contributed by atoms with Gasteiger partial charge in [-0.3, -0.25) is 4.72 Å². The first-order valence-electron chi connectivity index (χ1n) is 8.80. The zero-order valence-corrected chi connectivity index (χ0v) is 16.7. The van der Waals surface area contributed by atoms with Crippen molar-refractivity contribution in [1.82, 2.24) is 9.38 Å². The molecule has 8 heteroatoms. The number of hydrogen-bond donors (Lipinski definition) is 1. The molecule has 0 amide bonds. The first-order chi connectivity index (χ1) is 14.0. The Morgan fingerprint density at radius 1 is 0.966 bits per heavy atom. The largest absolute Gasteiger partial charge is 0.497 e. The minimum Gasteiger partial charge on any atom is -0.497 e. The highest BCUT2D eigenvalue weighted by molar-refractivity contribution is 7.92. The second-order valence-corrected chi connectivity index (χ2v) is 7.91. The quantitative estimate of drug-likeness (QED) is 0.524. The molecule has 2 aromatic carbocycles. The molecule has 0 radical (unpaired) electrons. The first kappa shape index (κ1) is 18.8. The van der Waals surface area contributed by atoms with Gasteiger partial charge in [0.1, 0.15) is 22.0 Å².